The number of esters is 1. The van der Waals surface area contributed by atoms with Crippen LogP contribution in [0.1, 0.15) is 53.8 Å². The van der Waals surface area contributed by atoms with E-state index in [0.29, 0.717) is 24.2 Å². The molecule has 1 aromatic rings. The Bertz CT molecular complexity index is 379. The van der Waals surface area contributed by atoms with Gasteiger partial charge in [-0.3, -0.25) is 4.79 Å². The van der Waals surface area contributed by atoms with Crippen LogP contribution in [-0.4, -0.2) is 18.4 Å². The first-order chi connectivity index (χ1) is 8.19. The monoisotopic (exact) mass is 234 g/mol. The molecule has 0 saturated heterocycles. The lowest BCUT2D eigenvalue weighted by Crippen LogP contribution is -2.06. The minimum absolute atomic E-state index is 0.112. The van der Waals surface area contributed by atoms with Gasteiger partial charge in [0.05, 0.1) is 12.2 Å². The van der Waals surface area contributed by atoms with E-state index in [-0.39, 0.29) is 11.8 Å². The van der Waals surface area contributed by atoms with E-state index < -0.39 is 0 Å². The van der Waals surface area contributed by atoms with Crippen molar-refractivity contribution in [1.82, 2.24) is 0 Å². The number of hydrogen-bond acceptors (Lipinski definition) is 3. The van der Waals surface area contributed by atoms with E-state index in [4.69, 9.17) is 4.74 Å². The molecular formula is C14H18O3. The van der Waals surface area contributed by atoms with Gasteiger partial charge in [-0.2, -0.15) is 0 Å². The smallest absolute Gasteiger partial charge is 0.338 e. The molecule has 0 aromatic heterocycles. The van der Waals surface area contributed by atoms with Crippen molar-refractivity contribution in [2.45, 2.75) is 33.1 Å². The van der Waals surface area contributed by atoms with Gasteiger partial charge in [0.2, 0.25) is 0 Å². The molecule has 0 radical (unpaired) electrons. The Morgan fingerprint density at radius 1 is 1.00 bits per heavy atom. The predicted octanol–water partition coefficient (Wildman–Crippen LogP) is 3.24. The molecule has 0 N–H and O–H groups in total. The van der Waals surface area contributed by atoms with Crippen molar-refractivity contribution in [3.05, 3.63) is 35.4 Å². The van der Waals surface area contributed by atoms with Gasteiger partial charge in [0.15, 0.2) is 5.78 Å². The number of Topliss-reactive ketones (excluding diaryl/α,β-unsaturated/α-hetero) is 1. The standard InChI is InChI=1S/C14H18O3/c1-3-5-13(15)11-6-8-12(9-7-11)14(16)17-10-4-2/h6-9H,3-5,10H2,1-2H3. The quantitative estimate of drug-likeness (QED) is 0.560. The van der Waals surface area contributed by atoms with Crippen LogP contribution in [0.3, 0.4) is 0 Å². The molecule has 3 heteroatoms. The lowest BCUT2D eigenvalue weighted by molar-refractivity contribution is 0.0505. The lowest BCUT2D eigenvalue weighted by Gasteiger charge is -2.04. The molecule has 0 bridgehead atoms. The average molecular weight is 234 g/mol. The number of hydrogen-bond donors (Lipinski definition) is 0. The second-order valence-electron chi connectivity index (χ2n) is 3.89. The molecular weight excluding hydrogens is 216 g/mol. The van der Waals surface area contributed by atoms with Gasteiger partial charge in [0, 0.05) is 12.0 Å². The van der Waals surface area contributed by atoms with Crippen LogP contribution >= 0.6 is 0 Å². The van der Waals surface area contributed by atoms with E-state index in [1.54, 1.807) is 24.3 Å². The van der Waals surface area contributed by atoms with Crippen LogP contribution in [0.25, 0.3) is 0 Å². The topological polar surface area (TPSA) is 43.4 Å². The molecule has 0 heterocycles. The van der Waals surface area contributed by atoms with Crippen LogP contribution < -0.4 is 0 Å². The third-order valence-corrected chi connectivity index (χ3v) is 2.36. The maximum atomic E-state index is 11.6. The van der Waals surface area contributed by atoms with Crippen LogP contribution in [0, 0.1) is 0 Å². The number of ether oxygens (including phenoxy) is 1. The van der Waals surface area contributed by atoms with Crippen molar-refractivity contribution in [3.8, 4) is 0 Å². The highest BCUT2D eigenvalue weighted by molar-refractivity contribution is 5.97. The lowest BCUT2D eigenvalue weighted by atomic mass is 10.1. The Morgan fingerprint density at radius 2 is 1.59 bits per heavy atom. The van der Waals surface area contributed by atoms with Gasteiger partial charge >= 0.3 is 5.97 Å². The van der Waals surface area contributed by atoms with Gasteiger partial charge in [0.25, 0.3) is 0 Å². The van der Waals surface area contributed by atoms with E-state index in [2.05, 4.69) is 0 Å². The maximum Gasteiger partial charge on any atom is 0.338 e. The summed E-state index contributed by atoms with van der Waals surface area (Å²) in [5, 5.41) is 0. The third-order valence-electron chi connectivity index (χ3n) is 2.36. The van der Waals surface area contributed by atoms with Crippen molar-refractivity contribution in [3.63, 3.8) is 0 Å². The van der Waals surface area contributed by atoms with Gasteiger partial charge in [0.1, 0.15) is 0 Å². The fourth-order valence-electron chi connectivity index (χ4n) is 1.44. The fourth-order valence-corrected chi connectivity index (χ4v) is 1.44. The van der Waals surface area contributed by atoms with E-state index in [1.165, 1.54) is 0 Å². The van der Waals surface area contributed by atoms with Crippen LogP contribution in [0.15, 0.2) is 24.3 Å². The number of ketones is 1. The second-order valence-corrected chi connectivity index (χ2v) is 3.89. The summed E-state index contributed by atoms with van der Waals surface area (Å²) < 4.78 is 5.00. The largest absolute Gasteiger partial charge is 0.462 e. The predicted molar refractivity (Wildman–Crippen MR) is 66.3 cm³/mol. The normalized spacial score (nSPS) is 10.0. The summed E-state index contributed by atoms with van der Waals surface area (Å²) in [5.74, 6) is -0.220. The maximum absolute atomic E-state index is 11.6. The first-order valence-electron chi connectivity index (χ1n) is 5.99. The molecule has 0 unspecified atom stereocenters. The Kier molecular flexibility index (Phi) is 5.40. The molecule has 0 fully saturated rings. The van der Waals surface area contributed by atoms with Gasteiger partial charge in [-0.05, 0) is 25.0 Å². The van der Waals surface area contributed by atoms with Crippen molar-refractivity contribution in [2.75, 3.05) is 6.61 Å². The van der Waals surface area contributed by atoms with Crippen molar-refractivity contribution in [1.29, 1.82) is 0 Å². The molecule has 0 aliphatic heterocycles. The third kappa shape index (κ3) is 4.02. The SMILES string of the molecule is CCCOC(=O)c1ccc(C(=O)CCC)cc1. The molecule has 0 atom stereocenters. The van der Waals surface area contributed by atoms with E-state index in [1.807, 2.05) is 13.8 Å². The zero-order valence-corrected chi connectivity index (χ0v) is 10.4. The van der Waals surface area contributed by atoms with Gasteiger partial charge < -0.3 is 4.74 Å². The van der Waals surface area contributed by atoms with Crippen LogP contribution in [0.2, 0.25) is 0 Å². The summed E-state index contributed by atoms with van der Waals surface area (Å²) in [6.07, 6.45) is 2.18. The summed E-state index contributed by atoms with van der Waals surface area (Å²) in [7, 11) is 0. The van der Waals surface area contributed by atoms with Gasteiger partial charge in [-0.1, -0.05) is 26.0 Å². The number of carbonyl (C=O) groups excluding carboxylic acids is 2. The highest BCUT2D eigenvalue weighted by Crippen LogP contribution is 2.09. The number of benzene rings is 1. The highest BCUT2D eigenvalue weighted by atomic mass is 16.5. The molecule has 0 spiro atoms. The molecule has 0 aliphatic carbocycles. The van der Waals surface area contributed by atoms with Crippen LogP contribution in [-0.2, 0) is 4.74 Å². The van der Waals surface area contributed by atoms with Gasteiger partial charge in [-0.15, -0.1) is 0 Å². The summed E-state index contributed by atoms with van der Waals surface area (Å²) in [4.78, 5) is 23.1. The Labute approximate surface area is 102 Å². The highest BCUT2D eigenvalue weighted by Gasteiger charge is 2.08. The Morgan fingerprint density at radius 3 is 2.12 bits per heavy atom. The zero-order chi connectivity index (χ0) is 12.7. The Hall–Kier alpha value is -1.64. The molecule has 1 rings (SSSR count). The second kappa shape index (κ2) is 6.84. The minimum atomic E-state index is -0.332. The van der Waals surface area contributed by atoms with E-state index in [0.717, 1.165) is 12.8 Å². The molecule has 0 amide bonds. The minimum Gasteiger partial charge on any atom is -0.462 e. The molecule has 3 nitrogen and oxygen atoms in total. The summed E-state index contributed by atoms with van der Waals surface area (Å²) in [6, 6.07) is 6.64. The zero-order valence-electron chi connectivity index (χ0n) is 10.4. The molecule has 92 valence electrons. The van der Waals surface area contributed by atoms with Crippen molar-refractivity contribution >= 4 is 11.8 Å². The van der Waals surface area contributed by atoms with Crippen LogP contribution in [0.4, 0.5) is 0 Å². The molecule has 1 aromatic carbocycles. The van der Waals surface area contributed by atoms with Crippen molar-refractivity contribution in [2.24, 2.45) is 0 Å². The number of rotatable bonds is 6. The van der Waals surface area contributed by atoms with Crippen molar-refractivity contribution < 1.29 is 14.3 Å². The fraction of sp³-hybridized carbons (Fsp3) is 0.429. The first kappa shape index (κ1) is 13.4. The van der Waals surface area contributed by atoms with E-state index >= 15 is 0 Å². The molecule has 0 aliphatic rings. The van der Waals surface area contributed by atoms with Gasteiger partial charge in [-0.25, -0.2) is 4.79 Å². The Balaban J connectivity index is 2.67. The summed E-state index contributed by atoms with van der Waals surface area (Å²) in [5.41, 5.74) is 1.14. The van der Waals surface area contributed by atoms with E-state index in [9.17, 15) is 9.59 Å². The van der Waals surface area contributed by atoms with Crippen LogP contribution in [0.5, 0.6) is 0 Å². The summed E-state index contributed by atoms with van der Waals surface area (Å²) in [6.45, 7) is 4.34. The molecule has 17 heavy (non-hydrogen) atoms. The first-order valence-corrected chi connectivity index (χ1v) is 5.99. The molecule has 0 saturated carbocycles. The average Bonchev–Trinajstić information content (AvgIpc) is 2.36. The summed E-state index contributed by atoms with van der Waals surface area (Å²) >= 11 is 0. The number of carbonyl (C=O) groups is 2.